The van der Waals surface area contributed by atoms with Gasteiger partial charge >= 0.3 is 6.03 Å². The van der Waals surface area contributed by atoms with Gasteiger partial charge in [0.25, 0.3) is 0 Å². The number of urea groups is 1. The van der Waals surface area contributed by atoms with Gasteiger partial charge in [-0.2, -0.15) is 0 Å². The van der Waals surface area contributed by atoms with Crippen molar-refractivity contribution in [2.24, 2.45) is 0 Å². The van der Waals surface area contributed by atoms with E-state index in [1.165, 1.54) is 4.90 Å². The Morgan fingerprint density at radius 2 is 1.72 bits per heavy atom. The first-order valence-electron chi connectivity index (χ1n) is 5.87. The van der Waals surface area contributed by atoms with Gasteiger partial charge in [0.1, 0.15) is 0 Å². The molecule has 18 heavy (non-hydrogen) atoms. The summed E-state index contributed by atoms with van der Waals surface area (Å²) < 4.78 is 0. The molecule has 0 saturated heterocycles. The molecule has 0 atom stereocenters. The minimum absolute atomic E-state index is 0.0116. The number of hydrogen-bond acceptors (Lipinski definition) is 4. The van der Waals surface area contributed by atoms with Crippen molar-refractivity contribution in [3.8, 4) is 0 Å². The first-order valence-corrected chi connectivity index (χ1v) is 5.87. The van der Waals surface area contributed by atoms with Crippen molar-refractivity contribution in [2.45, 2.75) is 18.9 Å². The van der Waals surface area contributed by atoms with Crippen molar-refractivity contribution in [2.75, 3.05) is 34.2 Å². The maximum Gasteiger partial charge on any atom is 0.321 e. The van der Waals surface area contributed by atoms with E-state index in [9.17, 15) is 14.4 Å². The van der Waals surface area contributed by atoms with Crippen molar-refractivity contribution in [1.82, 2.24) is 20.4 Å². The average Bonchev–Trinajstić information content (AvgIpc) is 2.99. The largest absolute Gasteiger partial charge is 0.348 e. The number of hydrogen-bond donors (Lipinski definition) is 2. The van der Waals surface area contributed by atoms with Crippen LogP contribution in [-0.4, -0.2) is 67.9 Å². The highest BCUT2D eigenvalue weighted by Crippen LogP contribution is 2.18. The molecule has 0 heterocycles. The Kier molecular flexibility index (Phi) is 5.08. The smallest absolute Gasteiger partial charge is 0.321 e. The normalized spacial score (nSPS) is 14.2. The van der Waals surface area contributed by atoms with Crippen LogP contribution in [0.25, 0.3) is 0 Å². The van der Waals surface area contributed by atoms with Crippen LogP contribution in [0.1, 0.15) is 12.8 Å². The molecule has 4 amide bonds. The van der Waals surface area contributed by atoms with Gasteiger partial charge in [-0.1, -0.05) is 0 Å². The Hall–Kier alpha value is -1.63. The van der Waals surface area contributed by atoms with E-state index in [1.807, 2.05) is 0 Å². The van der Waals surface area contributed by atoms with E-state index in [-0.39, 0.29) is 25.0 Å². The molecule has 102 valence electrons. The lowest BCUT2D eigenvalue weighted by Gasteiger charge is -2.18. The minimum Gasteiger partial charge on any atom is -0.348 e. The van der Waals surface area contributed by atoms with Gasteiger partial charge in [0.2, 0.25) is 11.8 Å². The molecule has 0 spiro atoms. The van der Waals surface area contributed by atoms with Crippen molar-refractivity contribution >= 4 is 17.8 Å². The third kappa shape index (κ3) is 5.62. The number of carbonyl (C=O) groups is 3. The second-order valence-electron chi connectivity index (χ2n) is 4.76. The Morgan fingerprint density at radius 3 is 2.22 bits per heavy atom. The van der Waals surface area contributed by atoms with Crippen molar-refractivity contribution in [1.29, 1.82) is 0 Å². The lowest BCUT2D eigenvalue weighted by atomic mass is 10.4. The van der Waals surface area contributed by atoms with Gasteiger partial charge in [-0.3, -0.25) is 19.8 Å². The molecule has 0 aromatic carbocycles. The molecular formula is C11H20N4O3. The van der Waals surface area contributed by atoms with Crippen molar-refractivity contribution in [3.63, 3.8) is 0 Å². The number of amides is 4. The molecule has 7 nitrogen and oxygen atoms in total. The zero-order valence-corrected chi connectivity index (χ0v) is 11.0. The number of nitrogens with zero attached hydrogens (tertiary/aromatic N) is 2. The monoisotopic (exact) mass is 256 g/mol. The van der Waals surface area contributed by atoms with E-state index in [1.54, 1.807) is 26.0 Å². The minimum atomic E-state index is -0.463. The fourth-order valence-corrected chi connectivity index (χ4v) is 1.29. The number of nitrogens with one attached hydrogen (secondary N) is 2. The second kappa shape index (κ2) is 6.34. The standard InChI is InChI=1S/C11H20N4O3/c1-14(2)10(17)7-15(3)6-9(16)13-11(18)12-8-4-5-8/h8H,4-7H2,1-3H3,(H2,12,13,16,18). The molecule has 1 fully saturated rings. The molecule has 0 unspecified atom stereocenters. The highest BCUT2D eigenvalue weighted by molar-refractivity contribution is 5.95. The Labute approximate surface area is 106 Å². The summed E-state index contributed by atoms with van der Waals surface area (Å²) in [5, 5.41) is 4.88. The number of likely N-dealkylation sites (N-methyl/N-ethyl adjacent to an activating group) is 2. The third-order valence-corrected chi connectivity index (χ3v) is 2.48. The summed E-state index contributed by atoms with van der Waals surface area (Å²) in [5.74, 6) is -0.505. The fourth-order valence-electron chi connectivity index (χ4n) is 1.29. The molecule has 1 rings (SSSR count). The van der Waals surface area contributed by atoms with Crippen LogP contribution in [0.5, 0.6) is 0 Å². The Balaban J connectivity index is 2.21. The molecule has 0 aromatic rings. The van der Waals surface area contributed by atoms with Crippen LogP contribution in [0.15, 0.2) is 0 Å². The van der Waals surface area contributed by atoms with Crippen LogP contribution < -0.4 is 10.6 Å². The zero-order valence-electron chi connectivity index (χ0n) is 11.0. The Bertz CT molecular complexity index is 339. The lowest BCUT2D eigenvalue weighted by molar-refractivity contribution is -0.130. The number of rotatable bonds is 5. The Morgan fingerprint density at radius 1 is 1.11 bits per heavy atom. The van der Waals surface area contributed by atoms with Gasteiger partial charge in [0.15, 0.2) is 0 Å². The second-order valence-corrected chi connectivity index (χ2v) is 4.76. The van der Waals surface area contributed by atoms with Crippen LogP contribution in [-0.2, 0) is 9.59 Å². The van der Waals surface area contributed by atoms with Gasteiger partial charge in [-0.15, -0.1) is 0 Å². The quantitative estimate of drug-likeness (QED) is 0.660. The van der Waals surface area contributed by atoms with Gasteiger partial charge in [0, 0.05) is 20.1 Å². The van der Waals surface area contributed by atoms with Gasteiger partial charge in [-0.25, -0.2) is 4.79 Å². The van der Waals surface area contributed by atoms with E-state index in [0.717, 1.165) is 12.8 Å². The summed E-state index contributed by atoms with van der Waals surface area (Å²) in [7, 11) is 4.96. The highest BCUT2D eigenvalue weighted by Gasteiger charge is 2.24. The molecule has 0 bridgehead atoms. The summed E-state index contributed by atoms with van der Waals surface area (Å²) in [6.45, 7) is 0.155. The molecule has 0 aromatic heterocycles. The molecule has 7 heteroatoms. The predicted molar refractivity (Wildman–Crippen MR) is 65.9 cm³/mol. The topological polar surface area (TPSA) is 81.8 Å². The van der Waals surface area contributed by atoms with Crippen molar-refractivity contribution in [3.05, 3.63) is 0 Å². The van der Waals surface area contributed by atoms with E-state index >= 15 is 0 Å². The van der Waals surface area contributed by atoms with Gasteiger partial charge in [-0.05, 0) is 19.9 Å². The molecule has 0 radical (unpaired) electrons. The molecule has 0 aliphatic heterocycles. The molecule has 1 aliphatic rings. The summed E-state index contributed by atoms with van der Waals surface area (Å²) in [6.07, 6.45) is 1.94. The number of carbonyl (C=O) groups excluding carboxylic acids is 3. The summed E-state index contributed by atoms with van der Waals surface area (Å²) in [4.78, 5) is 37.2. The zero-order chi connectivity index (χ0) is 13.7. The number of imide groups is 1. The average molecular weight is 256 g/mol. The molecule has 1 aliphatic carbocycles. The fraction of sp³-hybridized carbons (Fsp3) is 0.727. The van der Waals surface area contributed by atoms with Gasteiger partial charge in [0.05, 0.1) is 13.1 Å². The first-order chi connectivity index (χ1) is 8.38. The SMILES string of the molecule is CN(CC(=O)NC(=O)NC1CC1)CC(=O)N(C)C. The molecule has 1 saturated carbocycles. The van der Waals surface area contributed by atoms with E-state index < -0.39 is 11.9 Å². The maximum atomic E-state index is 11.5. The van der Waals surface area contributed by atoms with Crippen LogP contribution in [0.2, 0.25) is 0 Å². The summed E-state index contributed by atoms with van der Waals surface area (Å²) >= 11 is 0. The van der Waals surface area contributed by atoms with E-state index in [2.05, 4.69) is 10.6 Å². The summed E-state index contributed by atoms with van der Waals surface area (Å²) in [5.41, 5.74) is 0. The van der Waals surface area contributed by atoms with Crippen LogP contribution >= 0.6 is 0 Å². The molecular weight excluding hydrogens is 236 g/mol. The van der Waals surface area contributed by atoms with E-state index in [4.69, 9.17) is 0 Å². The highest BCUT2D eigenvalue weighted by atomic mass is 16.2. The van der Waals surface area contributed by atoms with Crippen LogP contribution in [0.3, 0.4) is 0 Å². The molecule has 2 N–H and O–H groups in total. The van der Waals surface area contributed by atoms with Crippen molar-refractivity contribution < 1.29 is 14.4 Å². The predicted octanol–water partition coefficient (Wildman–Crippen LogP) is -1.01. The first kappa shape index (κ1) is 14.4. The third-order valence-electron chi connectivity index (χ3n) is 2.48. The maximum absolute atomic E-state index is 11.5. The van der Waals surface area contributed by atoms with Crippen LogP contribution in [0, 0.1) is 0 Å². The van der Waals surface area contributed by atoms with Crippen LogP contribution in [0.4, 0.5) is 4.79 Å². The van der Waals surface area contributed by atoms with Gasteiger partial charge < -0.3 is 10.2 Å². The van der Waals surface area contributed by atoms with E-state index in [0.29, 0.717) is 0 Å². The summed E-state index contributed by atoms with van der Waals surface area (Å²) in [6, 6.07) is -0.249. The lowest BCUT2D eigenvalue weighted by Crippen LogP contribution is -2.46.